The van der Waals surface area contributed by atoms with E-state index < -0.39 is 0 Å². The highest BCUT2D eigenvalue weighted by Crippen LogP contribution is 2.34. The number of ether oxygens (including phenoxy) is 2. The minimum atomic E-state index is 0.201. The monoisotopic (exact) mass is 446 g/mol. The molecule has 3 aliphatic heterocycles. The van der Waals surface area contributed by atoms with Crippen LogP contribution in [0.1, 0.15) is 25.3 Å². The van der Waals surface area contributed by atoms with Crippen LogP contribution in [-0.4, -0.2) is 91.9 Å². The molecular weight excluding hydrogens is 408 g/mol. The fourth-order valence-electron chi connectivity index (χ4n) is 4.83. The summed E-state index contributed by atoms with van der Waals surface area (Å²) in [7, 11) is 0. The van der Waals surface area contributed by atoms with Gasteiger partial charge >= 0.3 is 0 Å². The summed E-state index contributed by atoms with van der Waals surface area (Å²) in [6.07, 6.45) is 2.40. The molecule has 0 aliphatic carbocycles. The number of nitrogens with zero attached hydrogens (tertiary/aromatic N) is 3. The summed E-state index contributed by atoms with van der Waals surface area (Å²) in [4.78, 5) is 10.3. The first-order chi connectivity index (χ1) is 15.3. The van der Waals surface area contributed by atoms with Crippen molar-refractivity contribution in [3.8, 4) is 0 Å². The van der Waals surface area contributed by atoms with Gasteiger partial charge in [-0.25, -0.2) is 0 Å². The van der Waals surface area contributed by atoms with E-state index in [4.69, 9.17) is 14.5 Å². The van der Waals surface area contributed by atoms with Gasteiger partial charge in [0.1, 0.15) is 0 Å². The van der Waals surface area contributed by atoms with Gasteiger partial charge in [-0.15, -0.1) is 0 Å². The van der Waals surface area contributed by atoms with Crippen molar-refractivity contribution in [3.63, 3.8) is 0 Å². The first kappa shape index (κ1) is 22.9. The van der Waals surface area contributed by atoms with Gasteiger partial charge in [-0.2, -0.15) is 11.8 Å². The van der Waals surface area contributed by atoms with E-state index in [-0.39, 0.29) is 5.54 Å². The topological polar surface area (TPSA) is 49.3 Å². The summed E-state index contributed by atoms with van der Waals surface area (Å²) in [6.45, 7) is 11.3. The van der Waals surface area contributed by atoms with Gasteiger partial charge in [0.2, 0.25) is 0 Å². The number of nitrogens with one attached hydrogen (secondary N) is 1. The number of rotatable bonds is 8. The maximum atomic E-state index is 6.02. The molecule has 3 fully saturated rings. The Morgan fingerprint density at radius 1 is 1.26 bits per heavy atom. The zero-order chi connectivity index (χ0) is 21.4. The Bertz CT molecular complexity index is 690. The average Bonchev–Trinajstić information content (AvgIpc) is 3.49. The number of benzene rings is 1. The predicted octanol–water partition coefficient (Wildman–Crippen LogP) is 2.70. The highest BCUT2D eigenvalue weighted by atomic mass is 32.2. The lowest BCUT2D eigenvalue weighted by molar-refractivity contribution is -0.0105. The molecule has 0 radical (unpaired) electrons. The second-order valence-electron chi connectivity index (χ2n) is 8.90. The molecule has 1 aromatic carbocycles. The van der Waals surface area contributed by atoms with Crippen molar-refractivity contribution in [2.75, 3.05) is 70.6 Å². The largest absolute Gasteiger partial charge is 0.379 e. The number of aliphatic imine (C=N–C) groups is 1. The van der Waals surface area contributed by atoms with E-state index in [9.17, 15) is 0 Å². The Morgan fingerprint density at radius 2 is 2.10 bits per heavy atom. The summed E-state index contributed by atoms with van der Waals surface area (Å²) >= 11 is 2.08. The lowest BCUT2D eigenvalue weighted by Gasteiger charge is -2.42. The lowest BCUT2D eigenvalue weighted by atomic mass is 9.96. The molecule has 3 heterocycles. The molecule has 1 N–H and O–H groups in total. The molecule has 2 unspecified atom stereocenters. The summed E-state index contributed by atoms with van der Waals surface area (Å²) in [6, 6.07) is 10.4. The van der Waals surface area contributed by atoms with Crippen LogP contribution in [0.3, 0.4) is 0 Å². The van der Waals surface area contributed by atoms with Crippen LogP contribution in [0.15, 0.2) is 35.3 Å². The van der Waals surface area contributed by atoms with Crippen LogP contribution < -0.4 is 5.32 Å². The molecule has 0 amide bonds. The minimum Gasteiger partial charge on any atom is -0.379 e. The van der Waals surface area contributed by atoms with Gasteiger partial charge in [0.05, 0.1) is 38.5 Å². The highest BCUT2D eigenvalue weighted by molar-refractivity contribution is 7.99. The molecule has 4 rings (SSSR count). The molecule has 2 atom stereocenters. The Balaban J connectivity index is 1.32. The number of guanidine groups is 1. The molecular formula is C24H38N4O2S. The third-order valence-corrected chi connectivity index (χ3v) is 7.91. The molecule has 0 saturated carbocycles. The third-order valence-electron chi connectivity index (χ3n) is 6.67. The van der Waals surface area contributed by atoms with Crippen LogP contribution in [0.25, 0.3) is 0 Å². The van der Waals surface area contributed by atoms with Crippen molar-refractivity contribution in [3.05, 3.63) is 35.9 Å². The Morgan fingerprint density at radius 3 is 2.84 bits per heavy atom. The lowest BCUT2D eigenvalue weighted by Crippen LogP contribution is -2.56. The van der Waals surface area contributed by atoms with Gasteiger partial charge in [0.15, 0.2) is 5.96 Å². The zero-order valence-electron chi connectivity index (χ0n) is 18.9. The molecule has 0 spiro atoms. The summed E-state index contributed by atoms with van der Waals surface area (Å²) in [5.74, 6) is 4.08. The second kappa shape index (κ2) is 11.5. The van der Waals surface area contributed by atoms with Gasteiger partial charge < -0.3 is 19.7 Å². The van der Waals surface area contributed by atoms with E-state index in [0.717, 1.165) is 65.0 Å². The van der Waals surface area contributed by atoms with Crippen molar-refractivity contribution < 1.29 is 9.47 Å². The zero-order valence-corrected chi connectivity index (χ0v) is 19.7. The molecule has 0 aromatic heterocycles. The van der Waals surface area contributed by atoms with Gasteiger partial charge in [-0.05, 0) is 31.1 Å². The Labute approximate surface area is 191 Å². The summed E-state index contributed by atoms with van der Waals surface area (Å²) in [5, 5.41) is 3.56. The van der Waals surface area contributed by atoms with Crippen LogP contribution in [0.2, 0.25) is 0 Å². The van der Waals surface area contributed by atoms with E-state index in [0.29, 0.717) is 12.5 Å². The fraction of sp³-hybridized carbons (Fsp3) is 0.708. The van der Waals surface area contributed by atoms with Crippen molar-refractivity contribution in [2.45, 2.75) is 31.9 Å². The van der Waals surface area contributed by atoms with Gasteiger partial charge in [-0.1, -0.05) is 30.3 Å². The molecule has 3 saturated heterocycles. The SMILES string of the molecule is CCNC(=NCC1(N2CCOCC2)CCSC1)N1CCC(COCc2ccccc2)C1. The smallest absolute Gasteiger partial charge is 0.193 e. The quantitative estimate of drug-likeness (QED) is 0.490. The molecule has 31 heavy (non-hydrogen) atoms. The van der Waals surface area contributed by atoms with Gasteiger partial charge in [0, 0.05) is 44.4 Å². The predicted molar refractivity (Wildman–Crippen MR) is 129 cm³/mol. The van der Waals surface area contributed by atoms with Gasteiger partial charge in [-0.3, -0.25) is 9.89 Å². The van der Waals surface area contributed by atoms with E-state index in [1.165, 1.54) is 29.9 Å². The summed E-state index contributed by atoms with van der Waals surface area (Å²) in [5.41, 5.74) is 1.45. The maximum absolute atomic E-state index is 6.02. The first-order valence-electron chi connectivity index (χ1n) is 11.8. The van der Waals surface area contributed by atoms with E-state index >= 15 is 0 Å². The van der Waals surface area contributed by atoms with Crippen LogP contribution in [-0.2, 0) is 16.1 Å². The third kappa shape index (κ3) is 6.15. The average molecular weight is 447 g/mol. The van der Waals surface area contributed by atoms with Crippen molar-refractivity contribution in [1.29, 1.82) is 0 Å². The van der Waals surface area contributed by atoms with Crippen LogP contribution in [0.5, 0.6) is 0 Å². The number of morpholine rings is 1. The maximum Gasteiger partial charge on any atom is 0.193 e. The summed E-state index contributed by atoms with van der Waals surface area (Å²) < 4.78 is 11.6. The van der Waals surface area contributed by atoms with E-state index in [2.05, 4.69) is 58.1 Å². The molecule has 7 heteroatoms. The number of thioether (sulfide) groups is 1. The van der Waals surface area contributed by atoms with E-state index in [1.807, 2.05) is 6.07 Å². The number of hydrogen-bond acceptors (Lipinski definition) is 5. The van der Waals surface area contributed by atoms with Crippen molar-refractivity contribution in [2.24, 2.45) is 10.9 Å². The standard InChI is InChI=1S/C24H38N4O2S/c1-2-25-23(26-19-24(9-15-31-20-24)28-11-13-29-14-12-28)27-10-8-22(16-27)18-30-17-21-6-4-3-5-7-21/h3-7,22H,2,8-20H2,1H3,(H,25,26). The molecule has 172 valence electrons. The molecule has 1 aromatic rings. The highest BCUT2D eigenvalue weighted by Gasteiger charge is 2.41. The second-order valence-corrected chi connectivity index (χ2v) is 10.0. The van der Waals surface area contributed by atoms with Crippen molar-refractivity contribution >= 4 is 17.7 Å². The number of hydrogen-bond donors (Lipinski definition) is 1. The van der Waals surface area contributed by atoms with Crippen LogP contribution in [0.4, 0.5) is 0 Å². The van der Waals surface area contributed by atoms with Gasteiger partial charge in [0.25, 0.3) is 0 Å². The number of likely N-dealkylation sites (tertiary alicyclic amines) is 1. The minimum absolute atomic E-state index is 0.201. The van der Waals surface area contributed by atoms with Crippen molar-refractivity contribution in [1.82, 2.24) is 15.1 Å². The molecule has 0 bridgehead atoms. The molecule has 3 aliphatic rings. The Hall–Kier alpha value is -1.28. The normalized spacial score (nSPS) is 27.7. The Kier molecular flexibility index (Phi) is 8.53. The fourth-order valence-corrected chi connectivity index (χ4v) is 6.30. The molecule has 6 nitrogen and oxygen atoms in total. The van der Waals surface area contributed by atoms with E-state index in [1.54, 1.807) is 0 Å². The first-order valence-corrected chi connectivity index (χ1v) is 13.0. The van der Waals surface area contributed by atoms with Crippen LogP contribution >= 0.6 is 11.8 Å². The van der Waals surface area contributed by atoms with Crippen LogP contribution in [0, 0.1) is 5.92 Å².